The van der Waals surface area contributed by atoms with E-state index in [2.05, 4.69) is 5.32 Å². The molecule has 4 rings (SSSR count). The van der Waals surface area contributed by atoms with Gasteiger partial charge in [0.05, 0.1) is 29.8 Å². The summed E-state index contributed by atoms with van der Waals surface area (Å²) in [5.41, 5.74) is 2.59. The van der Waals surface area contributed by atoms with Crippen LogP contribution < -0.4 is 15.3 Å². The molecule has 0 fully saturated rings. The molecule has 27 heavy (non-hydrogen) atoms. The van der Waals surface area contributed by atoms with Crippen molar-refractivity contribution in [3.63, 3.8) is 0 Å². The van der Waals surface area contributed by atoms with Crippen molar-refractivity contribution in [3.05, 3.63) is 77.0 Å². The molecule has 136 valence electrons. The topological polar surface area (TPSA) is 92.8 Å². The largest absolute Gasteiger partial charge is 0.545 e. The Morgan fingerprint density at radius 1 is 1.07 bits per heavy atom. The van der Waals surface area contributed by atoms with Crippen molar-refractivity contribution in [3.8, 4) is 0 Å². The lowest BCUT2D eigenvalue weighted by molar-refractivity contribution is -0.255. The van der Waals surface area contributed by atoms with Crippen LogP contribution in [0.2, 0.25) is 0 Å². The molecule has 0 aromatic heterocycles. The molecule has 2 heterocycles. The average molecular weight is 362 g/mol. The van der Waals surface area contributed by atoms with Crippen LogP contribution in [-0.2, 0) is 4.79 Å². The summed E-state index contributed by atoms with van der Waals surface area (Å²) in [7, 11) is 1.63. The van der Waals surface area contributed by atoms with Crippen LogP contribution >= 0.6 is 0 Å². The summed E-state index contributed by atoms with van der Waals surface area (Å²) in [6, 6.07) is 14.4. The molecule has 2 aliphatic heterocycles. The van der Waals surface area contributed by atoms with E-state index in [0.29, 0.717) is 17.0 Å². The van der Waals surface area contributed by atoms with Gasteiger partial charge in [0.2, 0.25) is 0 Å². The summed E-state index contributed by atoms with van der Waals surface area (Å²) in [6.45, 7) is 0.242. The third-order valence-corrected chi connectivity index (χ3v) is 4.91. The molecule has 2 aliphatic rings. The highest BCUT2D eigenvalue weighted by Gasteiger charge is 2.43. The van der Waals surface area contributed by atoms with Crippen LogP contribution in [-0.4, -0.2) is 36.4 Å². The molecule has 2 aromatic rings. The Balaban J connectivity index is 1.72. The Morgan fingerprint density at radius 3 is 2.37 bits per heavy atom. The summed E-state index contributed by atoms with van der Waals surface area (Å²) in [5, 5.41) is 13.8. The summed E-state index contributed by atoms with van der Waals surface area (Å²) < 4.78 is 0. The summed E-state index contributed by atoms with van der Waals surface area (Å²) in [5.74, 6) is -1.49. The minimum Gasteiger partial charge on any atom is -0.545 e. The van der Waals surface area contributed by atoms with E-state index in [1.54, 1.807) is 19.2 Å². The summed E-state index contributed by atoms with van der Waals surface area (Å²) in [4.78, 5) is 39.4. The number of urea groups is 1. The molecule has 1 atom stereocenters. The minimum atomic E-state index is -1.27. The van der Waals surface area contributed by atoms with Gasteiger partial charge in [0, 0.05) is 12.7 Å². The van der Waals surface area contributed by atoms with E-state index >= 15 is 0 Å². The van der Waals surface area contributed by atoms with Gasteiger partial charge in [0.15, 0.2) is 0 Å². The number of hydrogen-bond acceptors (Lipinski definition) is 4. The first kappa shape index (κ1) is 16.8. The zero-order valence-electron chi connectivity index (χ0n) is 14.5. The lowest BCUT2D eigenvalue weighted by Gasteiger charge is -2.31. The van der Waals surface area contributed by atoms with Gasteiger partial charge in [-0.2, -0.15) is 0 Å². The van der Waals surface area contributed by atoms with Crippen molar-refractivity contribution in [2.75, 3.05) is 18.5 Å². The lowest BCUT2D eigenvalue weighted by atomic mass is 9.96. The normalized spacial score (nSPS) is 19.2. The van der Waals surface area contributed by atoms with Crippen LogP contribution in [0, 0.1) is 0 Å². The van der Waals surface area contributed by atoms with Gasteiger partial charge in [-0.15, -0.1) is 0 Å². The summed E-state index contributed by atoms with van der Waals surface area (Å²) in [6.07, 6.45) is 0. The van der Waals surface area contributed by atoms with Gasteiger partial charge in [0.25, 0.3) is 5.91 Å². The first-order chi connectivity index (χ1) is 13.0. The van der Waals surface area contributed by atoms with E-state index in [9.17, 15) is 19.5 Å². The molecule has 0 bridgehead atoms. The average Bonchev–Trinajstić information content (AvgIpc) is 3.03. The van der Waals surface area contributed by atoms with Gasteiger partial charge in [-0.1, -0.05) is 42.5 Å². The molecule has 0 radical (unpaired) electrons. The number of likely N-dealkylation sites (N-methyl/N-ethyl adjacent to an activating group) is 1. The molecule has 0 spiro atoms. The number of amides is 3. The Hall–Kier alpha value is -3.61. The number of carboxylic acid groups (broad SMARTS) is 1. The molecule has 2 aromatic carbocycles. The Labute approximate surface area is 155 Å². The second-order valence-electron chi connectivity index (χ2n) is 6.44. The Morgan fingerprint density at radius 2 is 1.74 bits per heavy atom. The number of carbonyl (C=O) groups is 3. The Bertz CT molecular complexity index is 966. The number of carbonyl (C=O) groups excluding carboxylic acids is 3. The number of nitrogens with zero attached hydrogens (tertiary/aromatic N) is 2. The SMILES string of the molecule is CN1C(=O)N[C@H](c2ccccc2)C2=C1CN(c1ccc(C(=O)[O-])cc1)C2=O. The van der Waals surface area contributed by atoms with Gasteiger partial charge in [-0.25, -0.2) is 4.79 Å². The van der Waals surface area contributed by atoms with Crippen LogP contribution in [0.3, 0.4) is 0 Å². The fourth-order valence-electron chi connectivity index (χ4n) is 3.45. The van der Waals surface area contributed by atoms with Crippen LogP contribution in [0.1, 0.15) is 22.0 Å². The number of benzene rings is 2. The molecule has 0 aliphatic carbocycles. The molecule has 0 saturated carbocycles. The lowest BCUT2D eigenvalue weighted by Crippen LogP contribution is -2.45. The van der Waals surface area contributed by atoms with Crippen LogP contribution in [0.25, 0.3) is 0 Å². The second-order valence-corrected chi connectivity index (χ2v) is 6.44. The zero-order valence-corrected chi connectivity index (χ0v) is 14.5. The number of hydrogen-bond donors (Lipinski definition) is 1. The van der Waals surface area contributed by atoms with Crippen LogP contribution in [0.15, 0.2) is 65.9 Å². The monoisotopic (exact) mass is 362 g/mol. The number of carboxylic acids is 1. The maximum absolute atomic E-state index is 13.2. The van der Waals surface area contributed by atoms with E-state index in [-0.39, 0.29) is 24.0 Å². The second kappa shape index (κ2) is 6.28. The number of aromatic carboxylic acids is 1. The van der Waals surface area contributed by atoms with E-state index < -0.39 is 12.0 Å². The smallest absolute Gasteiger partial charge is 0.322 e. The molecular weight excluding hydrogens is 346 g/mol. The third-order valence-electron chi connectivity index (χ3n) is 4.91. The Kier molecular flexibility index (Phi) is 3.92. The zero-order chi connectivity index (χ0) is 19.1. The van der Waals surface area contributed by atoms with Crippen LogP contribution in [0.5, 0.6) is 0 Å². The van der Waals surface area contributed by atoms with Crippen molar-refractivity contribution >= 4 is 23.6 Å². The predicted molar refractivity (Wildman–Crippen MR) is 95.6 cm³/mol. The maximum atomic E-state index is 13.2. The van der Waals surface area contributed by atoms with Crippen molar-refractivity contribution in [2.45, 2.75) is 6.04 Å². The van der Waals surface area contributed by atoms with E-state index in [1.807, 2.05) is 30.3 Å². The van der Waals surface area contributed by atoms with Gasteiger partial charge in [-0.05, 0) is 23.3 Å². The first-order valence-electron chi connectivity index (χ1n) is 8.43. The van der Waals surface area contributed by atoms with E-state index in [4.69, 9.17) is 0 Å². The highest BCUT2D eigenvalue weighted by atomic mass is 16.4. The van der Waals surface area contributed by atoms with Crippen molar-refractivity contribution in [1.29, 1.82) is 0 Å². The molecule has 7 heteroatoms. The van der Waals surface area contributed by atoms with Gasteiger partial charge in [0.1, 0.15) is 0 Å². The molecule has 0 unspecified atom stereocenters. The minimum absolute atomic E-state index is 0.0410. The molecule has 3 amide bonds. The third kappa shape index (κ3) is 2.73. The first-order valence-corrected chi connectivity index (χ1v) is 8.43. The number of rotatable bonds is 3. The van der Waals surface area contributed by atoms with Crippen molar-refractivity contribution < 1.29 is 19.5 Å². The van der Waals surface area contributed by atoms with Crippen molar-refractivity contribution in [2.24, 2.45) is 0 Å². The maximum Gasteiger partial charge on any atom is 0.322 e. The van der Waals surface area contributed by atoms with E-state index in [0.717, 1.165) is 5.56 Å². The number of anilines is 1. The highest BCUT2D eigenvalue weighted by molar-refractivity contribution is 6.11. The standard InChI is InChI=1S/C20H17N3O4/c1-22-15-11-23(14-9-7-13(8-10-14)19(25)26)18(24)16(15)17(21-20(22)27)12-5-3-2-4-6-12/h2-10,17H,11H2,1H3,(H,21,27)(H,25,26)/p-1/t17-/m1/s1. The fourth-order valence-corrected chi connectivity index (χ4v) is 3.45. The quantitative estimate of drug-likeness (QED) is 0.883. The van der Waals surface area contributed by atoms with Gasteiger partial charge < -0.3 is 20.1 Å². The highest BCUT2D eigenvalue weighted by Crippen LogP contribution is 2.37. The van der Waals surface area contributed by atoms with E-state index in [1.165, 1.54) is 21.9 Å². The molecular formula is C20H16N3O4-. The molecule has 0 saturated heterocycles. The molecule has 7 nitrogen and oxygen atoms in total. The fraction of sp³-hybridized carbons (Fsp3) is 0.150. The molecule has 1 N–H and O–H groups in total. The summed E-state index contributed by atoms with van der Waals surface area (Å²) >= 11 is 0. The predicted octanol–water partition coefficient (Wildman–Crippen LogP) is 1.05. The van der Waals surface area contributed by atoms with Gasteiger partial charge in [-0.3, -0.25) is 9.69 Å². The number of nitrogens with one attached hydrogen (secondary N) is 1. The van der Waals surface area contributed by atoms with Crippen LogP contribution in [0.4, 0.5) is 10.5 Å². The van der Waals surface area contributed by atoms with Crippen molar-refractivity contribution in [1.82, 2.24) is 10.2 Å². The van der Waals surface area contributed by atoms with Gasteiger partial charge >= 0.3 is 6.03 Å².